The number of nitrogens with one attached hydrogen (secondary N) is 1. The molecular weight excluding hydrogens is 443 g/mol. The van der Waals surface area contributed by atoms with Gasteiger partial charge in [0.15, 0.2) is 0 Å². The highest BCUT2D eigenvalue weighted by molar-refractivity contribution is 7.92. The summed E-state index contributed by atoms with van der Waals surface area (Å²) in [6.07, 6.45) is 0.519. The molecule has 8 heteroatoms. The van der Waals surface area contributed by atoms with Crippen LogP contribution in [0.15, 0.2) is 71.6 Å². The Hall–Kier alpha value is -2.54. The van der Waals surface area contributed by atoms with E-state index in [4.69, 9.17) is 23.2 Å². The Morgan fingerprint density at radius 3 is 2.33 bits per heavy atom. The van der Waals surface area contributed by atoms with Crippen LogP contribution in [0.4, 0.5) is 11.4 Å². The fourth-order valence-electron chi connectivity index (χ4n) is 3.65. The van der Waals surface area contributed by atoms with Crippen LogP contribution in [0.25, 0.3) is 0 Å². The molecule has 5 nitrogen and oxygen atoms in total. The molecule has 154 valence electrons. The lowest BCUT2D eigenvalue weighted by Crippen LogP contribution is -2.35. The van der Waals surface area contributed by atoms with Crippen molar-refractivity contribution in [2.45, 2.75) is 24.3 Å². The van der Waals surface area contributed by atoms with Crippen molar-refractivity contribution in [1.82, 2.24) is 0 Å². The van der Waals surface area contributed by atoms with Crippen molar-refractivity contribution in [2.75, 3.05) is 9.62 Å². The van der Waals surface area contributed by atoms with E-state index < -0.39 is 10.0 Å². The monoisotopic (exact) mass is 460 g/mol. The Labute approximate surface area is 185 Å². The molecule has 0 saturated carbocycles. The number of halogens is 2. The number of sulfonamides is 1. The first-order chi connectivity index (χ1) is 14.3. The van der Waals surface area contributed by atoms with E-state index in [0.29, 0.717) is 33.4 Å². The molecule has 1 amide bonds. The number of fused-ring (bicyclic) bond motifs is 1. The predicted molar refractivity (Wildman–Crippen MR) is 120 cm³/mol. The Bertz CT molecular complexity index is 1210. The van der Waals surface area contributed by atoms with Gasteiger partial charge in [0.25, 0.3) is 15.9 Å². The molecule has 0 fully saturated rings. The molecular formula is C22H18Cl2N2O3S. The molecule has 0 radical (unpaired) electrons. The smallest absolute Gasteiger partial charge is 0.264 e. The van der Waals surface area contributed by atoms with Crippen LogP contribution < -0.4 is 9.62 Å². The van der Waals surface area contributed by atoms with Gasteiger partial charge in [0.2, 0.25) is 0 Å². The fraction of sp³-hybridized carbons (Fsp3) is 0.136. The lowest BCUT2D eigenvalue weighted by molar-refractivity contribution is 0.102. The van der Waals surface area contributed by atoms with Crippen LogP contribution >= 0.6 is 23.2 Å². The molecule has 1 heterocycles. The summed E-state index contributed by atoms with van der Waals surface area (Å²) in [6.45, 7) is 1.86. The Balaban J connectivity index is 1.63. The molecule has 0 bridgehead atoms. The van der Waals surface area contributed by atoms with Crippen LogP contribution in [0.1, 0.15) is 22.8 Å². The van der Waals surface area contributed by atoms with Gasteiger partial charge in [-0.15, -0.1) is 0 Å². The molecule has 3 aromatic rings. The minimum Gasteiger partial charge on any atom is -0.322 e. The van der Waals surface area contributed by atoms with E-state index in [-0.39, 0.29) is 16.8 Å². The van der Waals surface area contributed by atoms with E-state index in [1.807, 2.05) is 6.92 Å². The first kappa shape index (κ1) is 20.7. The highest BCUT2D eigenvalue weighted by Gasteiger charge is 2.36. The molecule has 0 spiro atoms. The Morgan fingerprint density at radius 2 is 1.67 bits per heavy atom. The van der Waals surface area contributed by atoms with Gasteiger partial charge in [-0.2, -0.15) is 0 Å². The lowest BCUT2D eigenvalue weighted by Gasteiger charge is -2.24. The summed E-state index contributed by atoms with van der Waals surface area (Å²) in [7, 11) is -3.69. The van der Waals surface area contributed by atoms with Gasteiger partial charge in [-0.05, 0) is 67.4 Å². The zero-order valence-corrected chi connectivity index (χ0v) is 18.3. The molecule has 1 N–H and O–H groups in total. The summed E-state index contributed by atoms with van der Waals surface area (Å²) in [6, 6.07) is 17.9. The Morgan fingerprint density at radius 1 is 1.00 bits per heavy atom. The third-order valence-electron chi connectivity index (χ3n) is 4.92. The van der Waals surface area contributed by atoms with Crippen molar-refractivity contribution in [3.8, 4) is 0 Å². The zero-order chi connectivity index (χ0) is 21.5. The van der Waals surface area contributed by atoms with Crippen LogP contribution in [0, 0.1) is 0 Å². The van der Waals surface area contributed by atoms with Crippen LogP contribution in [-0.2, 0) is 16.4 Å². The van der Waals surface area contributed by atoms with Crippen molar-refractivity contribution in [1.29, 1.82) is 0 Å². The fourth-order valence-corrected chi connectivity index (χ4v) is 5.89. The predicted octanol–water partition coefficient (Wildman–Crippen LogP) is 5.39. The van der Waals surface area contributed by atoms with E-state index in [9.17, 15) is 13.2 Å². The van der Waals surface area contributed by atoms with Crippen molar-refractivity contribution in [2.24, 2.45) is 0 Å². The van der Waals surface area contributed by atoms with E-state index in [0.717, 1.165) is 5.56 Å². The van der Waals surface area contributed by atoms with Gasteiger partial charge >= 0.3 is 0 Å². The molecule has 3 aromatic carbocycles. The molecule has 30 heavy (non-hydrogen) atoms. The maximum Gasteiger partial charge on any atom is 0.264 e. The van der Waals surface area contributed by atoms with E-state index in [2.05, 4.69) is 5.32 Å². The first-order valence-electron chi connectivity index (χ1n) is 9.25. The van der Waals surface area contributed by atoms with Gasteiger partial charge in [-0.25, -0.2) is 8.42 Å². The molecule has 1 aliphatic rings. The molecule has 4 rings (SSSR count). The second-order valence-electron chi connectivity index (χ2n) is 7.12. The second kappa shape index (κ2) is 7.95. The minimum absolute atomic E-state index is 0.240. The average Bonchev–Trinajstić information content (AvgIpc) is 3.03. The zero-order valence-electron chi connectivity index (χ0n) is 16.0. The maximum absolute atomic E-state index is 13.2. The van der Waals surface area contributed by atoms with Crippen molar-refractivity contribution >= 4 is 50.5 Å². The molecule has 0 saturated heterocycles. The van der Waals surface area contributed by atoms with Gasteiger partial charge < -0.3 is 5.32 Å². The number of hydrogen-bond acceptors (Lipinski definition) is 3. The number of carbonyl (C=O) groups is 1. The number of benzene rings is 3. The van der Waals surface area contributed by atoms with Gasteiger partial charge in [0, 0.05) is 27.3 Å². The molecule has 0 aliphatic carbocycles. The summed E-state index contributed by atoms with van der Waals surface area (Å²) in [5.41, 5.74) is 2.31. The summed E-state index contributed by atoms with van der Waals surface area (Å²) >= 11 is 12.0. The van der Waals surface area contributed by atoms with Crippen LogP contribution in [0.5, 0.6) is 0 Å². The number of anilines is 2. The quantitative estimate of drug-likeness (QED) is 0.567. The number of hydrogen-bond donors (Lipinski definition) is 1. The topological polar surface area (TPSA) is 66.5 Å². The Kier molecular flexibility index (Phi) is 5.49. The number of amides is 1. The molecule has 1 aliphatic heterocycles. The van der Waals surface area contributed by atoms with E-state index >= 15 is 0 Å². The summed E-state index contributed by atoms with van der Waals surface area (Å²) in [5, 5.41) is 3.61. The summed E-state index contributed by atoms with van der Waals surface area (Å²) in [4.78, 5) is 12.9. The minimum atomic E-state index is -3.69. The summed E-state index contributed by atoms with van der Waals surface area (Å²) in [5.74, 6) is -0.326. The van der Waals surface area contributed by atoms with Gasteiger partial charge in [-0.1, -0.05) is 41.4 Å². The summed E-state index contributed by atoms with van der Waals surface area (Å²) < 4.78 is 27.7. The van der Waals surface area contributed by atoms with Crippen LogP contribution in [-0.4, -0.2) is 20.4 Å². The first-order valence-corrected chi connectivity index (χ1v) is 11.4. The average molecular weight is 461 g/mol. The normalized spacial score (nSPS) is 15.7. The van der Waals surface area contributed by atoms with Crippen molar-refractivity contribution in [3.05, 3.63) is 87.9 Å². The van der Waals surface area contributed by atoms with Gasteiger partial charge in [-0.3, -0.25) is 9.10 Å². The molecule has 1 atom stereocenters. The molecule has 0 unspecified atom stereocenters. The van der Waals surface area contributed by atoms with E-state index in [1.165, 1.54) is 4.31 Å². The van der Waals surface area contributed by atoms with Gasteiger partial charge in [0.05, 0.1) is 10.6 Å². The van der Waals surface area contributed by atoms with E-state index in [1.54, 1.807) is 66.7 Å². The third-order valence-corrected chi connectivity index (χ3v) is 7.29. The van der Waals surface area contributed by atoms with Gasteiger partial charge in [0.1, 0.15) is 0 Å². The largest absolute Gasteiger partial charge is 0.322 e. The van der Waals surface area contributed by atoms with Crippen molar-refractivity contribution in [3.63, 3.8) is 0 Å². The second-order valence-corrected chi connectivity index (χ2v) is 9.81. The maximum atomic E-state index is 13.2. The van der Waals surface area contributed by atoms with Crippen LogP contribution in [0.2, 0.25) is 10.0 Å². The number of nitrogens with zero attached hydrogens (tertiary/aromatic N) is 1. The van der Waals surface area contributed by atoms with Crippen molar-refractivity contribution < 1.29 is 13.2 Å². The standard InChI is InChI=1S/C22H18Cl2N2O3S/c1-14-9-16-10-15(22(27)25-19-12-17(23)11-18(24)13-19)7-8-21(16)26(14)30(28,29)20-5-3-2-4-6-20/h2-8,10-14H,9H2,1H3,(H,25,27)/t14-/m0/s1. The highest BCUT2D eigenvalue weighted by atomic mass is 35.5. The number of rotatable bonds is 4. The molecule has 0 aromatic heterocycles. The highest BCUT2D eigenvalue weighted by Crippen LogP contribution is 2.37. The lowest BCUT2D eigenvalue weighted by atomic mass is 10.1. The van der Waals surface area contributed by atoms with Crippen LogP contribution in [0.3, 0.4) is 0 Å². The number of carbonyl (C=O) groups excluding carboxylic acids is 1. The SMILES string of the molecule is C[C@H]1Cc2cc(C(=O)Nc3cc(Cl)cc(Cl)c3)ccc2N1S(=O)(=O)c1ccccc1. The third kappa shape index (κ3) is 3.90.